The van der Waals surface area contributed by atoms with Crippen molar-refractivity contribution >= 4 is 0 Å². The lowest BCUT2D eigenvalue weighted by Gasteiger charge is -2.26. The largest absolute Gasteiger partial charge is 0.310 e. The molecule has 1 N–H and O–H groups in total. The van der Waals surface area contributed by atoms with Crippen LogP contribution in [0.25, 0.3) is 0 Å². The van der Waals surface area contributed by atoms with E-state index in [0.29, 0.717) is 12.0 Å². The van der Waals surface area contributed by atoms with E-state index in [4.69, 9.17) is 0 Å². The highest BCUT2D eigenvalue weighted by Crippen LogP contribution is 2.25. The molecule has 0 saturated heterocycles. The molecule has 0 bridgehead atoms. The Bertz CT molecular complexity index is 538. The Labute approximate surface area is 127 Å². The predicted molar refractivity (Wildman–Crippen MR) is 86.7 cm³/mol. The standard InChI is InChI=1S/C19H24FN/c1-3-12-21-19(17-9-5-4-6-10-17)15(2)13-16-8-7-11-18(20)14-16/h4-11,14-15,19,21H,3,12-13H2,1-2H3. The molecule has 0 spiro atoms. The molecule has 0 radical (unpaired) electrons. The van der Waals surface area contributed by atoms with Crippen LogP contribution < -0.4 is 5.32 Å². The van der Waals surface area contributed by atoms with Gasteiger partial charge in [-0.05, 0) is 48.6 Å². The van der Waals surface area contributed by atoms with Crippen LogP contribution in [0.15, 0.2) is 54.6 Å². The van der Waals surface area contributed by atoms with E-state index in [1.807, 2.05) is 12.1 Å². The van der Waals surface area contributed by atoms with Crippen molar-refractivity contribution in [3.05, 3.63) is 71.5 Å². The summed E-state index contributed by atoms with van der Waals surface area (Å²) in [5, 5.41) is 3.63. The molecule has 2 heteroatoms. The molecule has 0 aliphatic heterocycles. The predicted octanol–water partition coefficient (Wildman–Crippen LogP) is 4.75. The number of rotatable bonds is 7. The molecule has 21 heavy (non-hydrogen) atoms. The highest BCUT2D eigenvalue weighted by molar-refractivity contribution is 5.22. The molecule has 2 atom stereocenters. The Kier molecular flexibility index (Phi) is 5.94. The fraction of sp³-hybridized carbons (Fsp3) is 0.368. The van der Waals surface area contributed by atoms with Crippen LogP contribution >= 0.6 is 0 Å². The van der Waals surface area contributed by atoms with Crippen LogP contribution in [0.5, 0.6) is 0 Å². The maximum absolute atomic E-state index is 13.3. The lowest BCUT2D eigenvalue weighted by molar-refractivity contribution is 0.384. The minimum absolute atomic E-state index is 0.155. The Morgan fingerprint density at radius 2 is 1.81 bits per heavy atom. The minimum Gasteiger partial charge on any atom is -0.310 e. The van der Waals surface area contributed by atoms with Crippen molar-refractivity contribution in [1.82, 2.24) is 5.32 Å². The molecule has 112 valence electrons. The van der Waals surface area contributed by atoms with Gasteiger partial charge < -0.3 is 5.32 Å². The van der Waals surface area contributed by atoms with Crippen LogP contribution in [0.2, 0.25) is 0 Å². The second-order valence-electron chi connectivity index (χ2n) is 5.65. The molecular formula is C19H24FN. The molecule has 0 amide bonds. The van der Waals surface area contributed by atoms with Crippen molar-refractivity contribution in [2.24, 2.45) is 5.92 Å². The van der Waals surface area contributed by atoms with Crippen molar-refractivity contribution in [2.45, 2.75) is 32.7 Å². The summed E-state index contributed by atoms with van der Waals surface area (Å²) >= 11 is 0. The first-order valence-corrected chi connectivity index (χ1v) is 7.73. The maximum Gasteiger partial charge on any atom is 0.123 e. The first-order chi connectivity index (χ1) is 10.2. The van der Waals surface area contributed by atoms with Gasteiger partial charge in [0.15, 0.2) is 0 Å². The fourth-order valence-corrected chi connectivity index (χ4v) is 2.76. The van der Waals surface area contributed by atoms with Gasteiger partial charge in [0.1, 0.15) is 5.82 Å². The summed E-state index contributed by atoms with van der Waals surface area (Å²) < 4.78 is 13.3. The summed E-state index contributed by atoms with van der Waals surface area (Å²) in [5.41, 5.74) is 2.36. The van der Waals surface area contributed by atoms with Gasteiger partial charge in [-0.3, -0.25) is 0 Å². The average Bonchev–Trinajstić information content (AvgIpc) is 2.49. The SMILES string of the molecule is CCCNC(c1ccccc1)C(C)Cc1cccc(F)c1. The van der Waals surface area contributed by atoms with Crippen LogP contribution in [0.3, 0.4) is 0 Å². The van der Waals surface area contributed by atoms with Gasteiger partial charge >= 0.3 is 0 Å². The lowest BCUT2D eigenvalue weighted by atomic mass is 9.89. The van der Waals surface area contributed by atoms with Gasteiger partial charge in [-0.1, -0.05) is 56.3 Å². The van der Waals surface area contributed by atoms with E-state index in [1.165, 1.54) is 11.6 Å². The summed E-state index contributed by atoms with van der Waals surface area (Å²) in [6.07, 6.45) is 1.98. The second kappa shape index (κ2) is 7.94. The van der Waals surface area contributed by atoms with E-state index < -0.39 is 0 Å². The summed E-state index contributed by atoms with van der Waals surface area (Å²) in [6, 6.07) is 17.7. The van der Waals surface area contributed by atoms with E-state index in [9.17, 15) is 4.39 Å². The first-order valence-electron chi connectivity index (χ1n) is 7.73. The molecule has 1 nitrogen and oxygen atoms in total. The minimum atomic E-state index is -0.155. The van der Waals surface area contributed by atoms with E-state index in [2.05, 4.69) is 43.4 Å². The molecule has 0 aliphatic rings. The summed E-state index contributed by atoms with van der Waals surface area (Å²) in [5.74, 6) is 0.248. The Morgan fingerprint density at radius 1 is 1.05 bits per heavy atom. The van der Waals surface area contributed by atoms with Gasteiger partial charge in [-0.25, -0.2) is 4.39 Å². The van der Waals surface area contributed by atoms with Crippen LogP contribution in [0.1, 0.15) is 37.4 Å². The molecule has 2 unspecified atom stereocenters. The topological polar surface area (TPSA) is 12.0 Å². The number of benzene rings is 2. The number of hydrogen-bond acceptors (Lipinski definition) is 1. The third kappa shape index (κ3) is 4.68. The monoisotopic (exact) mass is 285 g/mol. The molecular weight excluding hydrogens is 261 g/mol. The molecule has 2 aromatic carbocycles. The van der Waals surface area contributed by atoms with Crippen molar-refractivity contribution < 1.29 is 4.39 Å². The lowest BCUT2D eigenvalue weighted by Crippen LogP contribution is -2.28. The van der Waals surface area contributed by atoms with E-state index in [-0.39, 0.29) is 5.82 Å². The molecule has 0 aromatic heterocycles. The third-order valence-corrected chi connectivity index (χ3v) is 3.79. The number of halogens is 1. The zero-order valence-corrected chi connectivity index (χ0v) is 12.9. The summed E-state index contributed by atoms with van der Waals surface area (Å²) in [4.78, 5) is 0. The molecule has 0 saturated carbocycles. The Morgan fingerprint density at radius 3 is 2.48 bits per heavy atom. The number of nitrogens with one attached hydrogen (secondary N) is 1. The number of hydrogen-bond donors (Lipinski definition) is 1. The van der Waals surface area contributed by atoms with Crippen molar-refractivity contribution in [1.29, 1.82) is 0 Å². The van der Waals surface area contributed by atoms with Gasteiger partial charge in [0, 0.05) is 6.04 Å². The fourth-order valence-electron chi connectivity index (χ4n) is 2.76. The highest BCUT2D eigenvalue weighted by atomic mass is 19.1. The first kappa shape index (κ1) is 15.7. The quantitative estimate of drug-likeness (QED) is 0.774. The van der Waals surface area contributed by atoms with Crippen LogP contribution in [0, 0.1) is 11.7 Å². The van der Waals surface area contributed by atoms with Crippen molar-refractivity contribution in [2.75, 3.05) is 6.54 Å². The smallest absolute Gasteiger partial charge is 0.123 e. The third-order valence-electron chi connectivity index (χ3n) is 3.79. The average molecular weight is 285 g/mol. The van der Waals surface area contributed by atoms with Gasteiger partial charge in [-0.2, -0.15) is 0 Å². The highest BCUT2D eigenvalue weighted by Gasteiger charge is 2.18. The van der Waals surface area contributed by atoms with Crippen molar-refractivity contribution in [3.8, 4) is 0 Å². The van der Waals surface area contributed by atoms with Crippen LogP contribution in [-0.2, 0) is 6.42 Å². The van der Waals surface area contributed by atoms with E-state index in [1.54, 1.807) is 12.1 Å². The maximum atomic E-state index is 13.3. The molecule has 0 aliphatic carbocycles. The van der Waals surface area contributed by atoms with Gasteiger partial charge in [0.2, 0.25) is 0 Å². The zero-order chi connectivity index (χ0) is 15.1. The molecule has 0 fully saturated rings. The zero-order valence-electron chi connectivity index (χ0n) is 12.9. The van der Waals surface area contributed by atoms with Gasteiger partial charge in [-0.15, -0.1) is 0 Å². The molecule has 2 rings (SSSR count). The normalized spacial score (nSPS) is 13.9. The second-order valence-corrected chi connectivity index (χ2v) is 5.65. The van der Waals surface area contributed by atoms with E-state index >= 15 is 0 Å². The summed E-state index contributed by atoms with van der Waals surface area (Å²) in [7, 11) is 0. The van der Waals surface area contributed by atoms with Crippen molar-refractivity contribution in [3.63, 3.8) is 0 Å². The van der Waals surface area contributed by atoms with Crippen LogP contribution in [0.4, 0.5) is 4.39 Å². The molecule has 2 aromatic rings. The Hall–Kier alpha value is -1.67. The molecule has 0 heterocycles. The summed E-state index contributed by atoms with van der Waals surface area (Å²) in [6.45, 7) is 5.39. The Balaban J connectivity index is 2.12. The van der Waals surface area contributed by atoms with Gasteiger partial charge in [0.25, 0.3) is 0 Å². The van der Waals surface area contributed by atoms with E-state index in [0.717, 1.165) is 24.9 Å². The van der Waals surface area contributed by atoms with Crippen LogP contribution in [-0.4, -0.2) is 6.54 Å². The van der Waals surface area contributed by atoms with Gasteiger partial charge in [0.05, 0.1) is 0 Å².